The van der Waals surface area contributed by atoms with E-state index in [0.29, 0.717) is 12.8 Å². The van der Waals surface area contributed by atoms with Crippen LogP contribution in [0.3, 0.4) is 0 Å². The highest BCUT2D eigenvalue weighted by Gasteiger charge is 2.43. The highest BCUT2D eigenvalue weighted by atomic mass is 16.5. The smallest absolute Gasteiger partial charge is 0.407 e. The summed E-state index contributed by atoms with van der Waals surface area (Å²) in [6.45, 7) is 4.29. The number of carboxylic acids is 1. The van der Waals surface area contributed by atoms with Crippen LogP contribution in [0.2, 0.25) is 0 Å². The molecule has 2 aromatic carbocycles. The molecule has 4 rings (SSSR count). The fourth-order valence-electron chi connectivity index (χ4n) is 4.50. The molecule has 2 aromatic rings. The molecule has 34 heavy (non-hydrogen) atoms. The van der Waals surface area contributed by atoms with Crippen molar-refractivity contribution in [1.82, 2.24) is 10.6 Å². The molecule has 0 spiro atoms. The number of amides is 2. The molecule has 0 aromatic heterocycles. The van der Waals surface area contributed by atoms with Crippen LogP contribution in [0.1, 0.15) is 43.7 Å². The summed E-state index contributed by atoms with van der Waals surface area (Å²) in [5, 5.41) is 14.5. The van der Waals surface area contributed by atoms with Crippen molar-refractivity contribution in [2.75, 3.05) is 13.2 Å². The van der Waals surface area contributed by atoms with Crippen LogP contribution < -0.4 is 10.6 Å². The van der Waals surface area contributed by atoms with Gasteiger partial charge < -0.3 is 20.5 Å². The number of carbonyl (C=O) groups excluding carboxylic acids is 2. The Morgan fingerprint density at radius 3 is 2.24 bits per heavy atom. The van der Waals surface area contributed by atoms with Crippen LogP contribution in [0.5, 0.6) is 0 Å². The minimum absolute atomic E-state index is 0.0555. The van der Waals surface area contributed by atoms with Gasteiger partial charge in [-0.3, -0.25) is 9.59 Å². The zero-order valence-electron chi connectivity index (χ0n) is 19.4. The number of carboxylic acid groups (broad SMARTS) is 1. The second kappa shape index (κ2) is 10.1. The molecule has 0 aliphatic heterocycles. The third kappa shape index (κ3) is 5.30. The number of carbonyl (C=O) groups is 3. The summed E-state index contributed by atoms with van der Waals surface area (Å²) < 4.78 is 5.59. The number of hydrogen-bond acceptors (Lipinski definition) is 4. The zero-order valence-corrected chi connectivity index (χ0v) is 19.4. The van der Waals surface area contributed by atoms with Gasteiger partial charge in [-0.1, -0.05) is 60.2 Å². The fourth-order valence-corrected chi connectivity index (χ4v) is 4.50. The maximum Gasteiger partial charge on any atom is 0.407 e. The molecule has 3 N–H and O–H groups in total. The number of rotatable bonds is 9. The predicted octanol–water partition coefficient (Wildman–Crippen LogP) is 4.09. The molecule has 178 valence electrons. The summed E-state index contributed by atoms with van der Waals surface area (Å²) in [4.78, 5) is 36.4. The average molecular weight is 463 g/mol. The van der Waals surface area contributed by atoms with E-state index in [9.17, 15) is 14.4 Å². The van der Waals surface area contributed by atoms with Crippen LogP contribution in [0, 0.1) is 11.8 Å². The Kier molecular flexibility index (Phi) is 7.01. The van der Waals surface area contributed by atoms with Crippen molar-refractivity contribution in [2.24, 2.45) is 11.8 Å². The minimum atomic E-state index is -0.836. The van der Waals surface area contributed by atoms with E-state index in [1.807, 2.05) is 44.2 Å². The van der Waals surface area contributed by atoms with Crippen LogP contribution in [-0.2, 0) is 14.3 Å². The Morgan fingerprint density at radius 1 is 1.06 bits per heavy atom. The zero-order chi connectivity index (χ0) is 24.2. The van der Waals surface area contributed by atoms with E-state index < -0.39 is 24.0 Å². The molecule has 7 nitrogen and oxygen atoms in total. The summed E-state index contributed by atoms with van der Waals surface area (Å²) >= 11 is 0. The van der Waals surface area contributed by atoms with Crippen LogP contribution >= 0.6 is 0 Å². The van der Waals surface area contributed by atoms with Gasteiger partial charge in [0.05, 0.1) is 5.92 Å². The first-order valence-electron chi connectivity index (χ1n) is 11.6. The molecule has 1 fully saturated rings. The number of ether oxygens (including phenoxy) is 1. The number of fused-ring (bicyclic) bond motifs is 3. The van der Waals surface area contributed by atoms with Gasteiger partial charge in [-0.25, -0.2) is 4.79 Å². The van der Waals surface area contributed by atoms with Gasteiger partial charge in [-0.05, 0) is 54.9 Å². The first-order valence-corrected chi connectivity index (χ1v) is 11.6. The lowest BCUT2D eigenvalue weighted by atomic mass is 9.98. The van der Waals surface area contributed by atoms with Crippen molar-refractivity contribution in [3.05, 3.63) is 71.3 Å². The number of aliphatic carboxylic acids is 1. The summed E-state index contributed by atoms with van der Waals surface area (Å²) in [7, 11) is 0. The van der Waals surface area contributed by atoms with Crippen LogP contribution in [-0.4, -0.2) is 42.3 Å². The molecule has 0 heterocycles. The molecular weight excluding hydrogens is 432 g/mol. The second-order valence-corrected chi connectivity index (χ2v) is 9.23. The number of hydrogen-bond donors (Lipinski definition) is 3. The fraction of sp³-hybridized carbons (Fsp3) is 0.370. The van der Waals surface area contributed by atoms with Crippen molar-refractivity contribution in [3.63, 3.8) is 0 Å². The van der Waals surface area contributed by atoms with E-state index in [1.54, 1.807) is 0 Å². The molecule has 1 unspecified atom stereocenters. The standard InChI is InChI=1S/C27H30N2O5/c1-16(2)11-12-24(25(30)28-14-17-13-22(17)26(31)32)29-27(33)34-15-23-20-9-5-3-7-18(20)19-8-4-6-10-21(19)23/h3-11,17,22-24H,12-15H2,1-2H3,(H,28,30)(H,29,33)(H,31,32)/t17-,22-,24?/m1/s1. The summed E-state index contributed by atoms with van der Waals surface area (Å²) in [6.07, 6.45) is 2.11. The number of alkyl carbamates (subject to hydrolysis) is 1. The Labute approximate surface area is 199 Å². The average Bonchev–Trinajstić information content (AvgIpc) is 3.54. The van der Waals surface area contributed by atoms with Crippen LogP contribution in [0.25, 0.3) is 11.1 Å². The highest BCUT2D eigenvalue weighted by Crippen LogP contribution is 2.44. The minimum Gasteiger partial charge on any atom is -0.481 e. The third-order valence-electron chi connectivity index (χ3n) is 6.49. The third-order valence-corrected chi connectivity index (χ3v) is 6.49. The lowest BCUT2D eigenvalue weighted by Crippen LogP contribution is -2.47. The van der Waals surface area contributed by atoms with Gasteiger partial charge in [0.25, 0.3) is 0 Å². The number of nitrogens with one attached hydrogen (secondary N) is 2. The molecule has 7 heteroatoms. The van der Waals surface area contributed by atoms with E-state index in [0.717, 1.165) is 27.8 Å². The monoisotopic (exact) mass is 462 g/mol. The summed E-state index contributed by atoms with van der Waals surface area (Å²) in [5.41, 5.74) is 5.56. The van der Waals surface area contributed by atoms with Crippen LogP contribution in [0.15, 0.2) is 60.2 Å². The summed E-state index contributed by atoms with van der Waals surface area (Å²) in [5.74, 6) is -1.70. The van der Waals surface area contributed by atoms with Gasteiger partial charge >= 0.3 is 12.1 Å². The SMILES string of the molecule is CC(C)=CCC(NC(=O)OCC1c2ccccc2-c2ccccc21)C(=O)NC[C@H]1C[C@H]1C(=O)O. The van der Waals surface area contributed by atoms with Gasteiger partial charge in [0.15, 0.2) is 0 Å². The Hall–Kier alpha value is -3.61. The molecule has 2 amide bonds. The van der Waals surface area contributed by atoms with Gasteiger partial charge in [-0.15, -0.1) is 0 Å². The topological polar surface area (TPSA) is 105 Å². The first-order chi connectivity index (χ1) is 16.3. The Morgan fingerprint density at radius 2 is 1.68 bits per heavy atom. The molecule has 0 saturated heterocycles. The Bertz CT molecular complexity index is 1080. The normalized spacial score (nSPS) is 18.8. The van der Waals surface area contributed by atoms with Crippen LogP contribution in [0.4, 0.5) is 4.79 Å². The van der Waals surface area contributed by atoms with Gasteiger partial charge in [0.2, 0.25) is 5.91 Å². The quantitative estimate of drug-likeness (QED) is 0.487. The largest absolute Gasteiger partial charge is 0.481 e. The maximum absolute atomic E-state index is 12.7. The maximum atomic E-state index is 12.7. The lowest BCUT2D eigenvalue weighted by molar-refractivity contribution is -0.139. The van der Waals surface area contributed by atoms with Gasteiger partial charge in [0, 0.05) is 12.5 Å². The molecule has 0 radical (unpaired) electrons. The molecule has 2 aliphatic rings. The molecule has 1 saturated carbocycles. The van der Waals surface area contributed by atoms with E-state index in [1.165, 1.54) is 0 Å². The lowest BCUT2D eigenvalue weighted by Gasteiger charge is -2.19. The highest BCUT2D eigenvalue weighted by molar-refractivity contribution is 5.86. The molecule has 2 aliphatic carbocycles. The van der Waals surface area contributed by atoms with E-state index >= 15 is 0 Å². The van der Waals surface area contributed by atoms with Crippen molar-refractivity contribution in [2.45, 2.75) is 38.6 Å². The Balaban J connectivity index is 1.37. The van der Waals surface area contributed by atoms with E-state index in [2.05, 4.69) is 34.9 Å². The molecule has 3 atom stereocenters. The molecular formula is C27H30N2O5. The van der Waals surface area contributed by atoms with Gasteiger partial charge in [0.1, 0.15) is 12.6 Å². The number of allylic oxidation sites excluding steroid dienone is 1. The van der Waals surface area contributed by atoms with E-state index in [-0.39, 0.29) is 30.9 Å². The second-order valence-electron chi connectivity index (χ2n) is 9.23. The van der Waals surface area contributed by atoms with Crippen molar-refractivity contribution in [1.29, 1.82) is 0 Å². The first kappa shape index (κ1) is 23.5. The van der Waals surface area contributed by atoms with Crippen molar-refractivity contribution in [3.8, 4) is 11.1 Å². The molecule has 0 bridgehead atoms. The van der Waals surface area contributed by atoms with E-state index in [4.69, 9.17) is 9.84 Å². The van der Waals surface area contributed by atoms with Crippen molar-refractivity contribution < 1.29 is 24.2 Å². The van der Waals surface area contributed by atoms with Crippen molar-refractivity contribution >= 4 is 18.0 Å². The summed E-state index contributed by atoms with van der Waals surface area (Å²) in [6, 6.07) is 15.4. The number of benzene rings is 2. The predicted molar refractivity (Wildman–Crippen MR) is 128 cm³/mol. The van der Waals surface area contributed by atoms with Gasteiger partial charge in [-0.2, -0.15) is 0 Å².